The number of anilines is 1. The number of para-hydroxylation sites is 2. The molecule has 0 spiro atoms. The molecular weight excluding hydrogens is 228 g/mol. The zero-order valence-electron chi connectivity index (χ0n) is 9.38. The van der Waals surface area contributed by atoms with Gasteiger partial charge in [-0.2, -0.15) is 0 Å². The highest BCUT2D eigenvalue weighted by Crippen LogP contribution is 2.19. The summed E-state index contributed by atoms with van der Waals surface area (Å²) in [5, 5.41) is 0. The fourth-order valence-corrected chi connectivity index (χ4v) is 1.71. The first-order valence-corrected chi connectivity index (χ1v) is 6.42. The van der Waals surface area contributed by atoms with Gasteiger partial charge in [0, 0.05) is 14.1 Å². The van der Waals surface area contributed by atoms with Gasteiger partial charge in [0.1, 0.15) is 12.4 Å². The molecule has 0 fully saturated rings. The van der Waals surface area contributed by atoms with E-state index in [1.165, 1.54) is 18.4 Å². The van der Waals surface area contributed by atoms with Crippen molar-refractivity contribution in [3.63, 3.8) is 0 Å². The van der Waals surface area contributed by atoms with Gasteiger partial charge in [-0.1, -0.05) is 12.1 Å². The minimum Gasteiger partial charge on any atom is -0.490 e. The predicted molar refractivity (Wildman–Crippen MR) is 63.8 cm³/mol. The number of nitrogen functional groups attached to an aromatic ring is 1. The molecule has 5 nitrogen and oxygen atoms in total. The highest BCUT2D eigenvalue weighted by molar-refractivity contribution is 7.89. The molecule has 0 aromatic heterocycles. The van der Waals surface area contributed by atoms with Crippen molar-refractivity contribution >= 4 is 15.7 Å². The third-order valence-electron chi connectivity index (χ3n) is 2.07. The number of ether oxygens (including phenoxy) is 1. The summed E-state index contributed by atoms with van der Waals surface area (Å²) in [7, 11) is -0.229. The van der Waals surface area contributed by atoms with Crippen molar-refractivity contribution in [1.82, 2.24) is 4.31 Å². The van der Waals surface area contributed by atoms with Crippen LogP contribution in [0.4, 0.5) is 5.69 Å². The zero-order valence-corrected chi connectivity index (χ0v) is 10.2. The van der Waals surface area contributed by atoms with Gasteiger partial charge in [0.25, 0.3) is 0 Å². The minimum absolute atomic E-state index is 0.0612. The Labute approximate surface area is 95.9 Å². The number of hydrogen-bond acceptors (Lipinski definition) is 4. The average Bonchev–Trinajstić information content (AvgIpc) is 2.20. The Morgan fingerprint density at radius 3 is 2.50 bits per heavy atom. The smallest absolute Gasteiger partial charge is 0.216 e. The normalized spacial score (nSPS) is 11.7. The largest absolute Gasteiger partial charge is 0.490 e. The van der Waals surface area contributed by atoms with Gasteiger partial charge in [-0.25, -0.2) is 12.7 Å². The van der Waals surface area contributed by atoms with E-state index < -0.39 is 10.0 Å². The Kier molecular flexibility index (Phi) is 4.14. The lowest BCUT2D eigenvalue weighted by molar-refractivity contribution is 0.340. The Balaban J connectivity index is 2.52. The van der Waals surface area contributed by atoms with Crippen LogP contribution in [0.3, 0.4) is 0 Å². The van der Waals surface area contributed by atoms with Crippen molar-refractivity contribution in [3.8, 4) is 5.75 Å². The third-order valence-corrected chi connectivity index (χ3v) is 3.87. The van der Waals surface area contributed by atoms with Gasteiger partial charge in [-0.15, -0.1) is 0 Å². The maximum Gasteiger partial charge on any atom is 0.216 e. The second-order valence-corrected chi connectivity index (χ2v) is 5.79. The number of hydrogen-bond donors (Lipinski definition) is 1. The molecule has 0 aliphatic rings. The fraction of sp³-hybridized carbons (Fsp3) is 0.400. The Hall–Kier alpha value is -1.27. The summed E-state index contributed by atoms with van der Waals surface area (Å²) in [5.41, 5.74) is 6.15. The molecule has 0 saturated heterocycles. The van der Waals surface area contributed by atoms with Gasteiger partial charge in [0.2, 0.25) is 10.0 Å². The molecule has 90 valence electrons. The molecule has 0 saturated carbocycles. The van der Waals surface area contributed by atoms with Crippen molar-refractivity contribution in [2.24, 2.45) is 0 Å². The summed E-state index contributed by atoms with van der Waals surface area (Å²) in [4.78, 5) is 0. The van der Waals surface area contributed by atoms with Crippen LogP contribution in [0.15, 0.2) is 24.3 Å². The predicted octanol–water partition coefficient (Wildman–Crippen LogP) is 0.539. The molecule has 2 N–H and O–H groups in total. The summed E-state index contributed by atoms with van der Waals surface area (Å²) < 4.78 is 29.3. The maximum atomic E-state index is 11.4. The first-order chi connectivity index (χ1) is 7.43. The molecule has 0 bridgehead atoms. The number of nitrogens with zero attached hydrogens (tertiary/aromatic N) is 1. The van der Waals surface area contributed by atoms with E-state index in [4.69, 9.17) is 10.5 Å². The van der Waals surface area contributed by atoms with E-state index in [1.807, 2.05) is 0 Å². The van der Waals surface area contributed by atoms with E-state index in [2.05, 4.69) is 0 Å². The van der Waals surface area contributed by atoms with Gasteiger partial charge in [-0.05, 0) is 12.1 Å². The zero-order chi connectivity index (χ0) is 12.2. The van der Waals surface area contributed by atoms with Crippen LogP contribution in [0, 0.1) is 0 Å². The standard InChI is InChI=1S/C10H16N2O3S/c1-12(2)16(13,14)8-7-15-10-6-4-3-5-9(10)11/h3-6H,7-8,11H2,1-2H3. The van der Waals surface area contributed by atoms with E-state index in [0.717, 1.165) is 0 Å². The average molecular weight is 244 g/mol. The van der Waals surface area contributed by atoms with Crippen molar-refractivity contribution in [1.29, 1.82) is 0 Å². The summed E-state index contributed by atoms with van der Waals surface area (Å²) in [6, 6.07) is 6.98. The number of benzene rings is 1. The number of sulfonamides is 1. The molecule has 0 amide bonds. The van der Waals surface area contributed by atoms with Crippen LogP contribution in [0.25, 0.3) is 0 Å². The lowest BCUT2D eigenvalue weighted by atomic mass is 10.3. The second kappa shape index (κ2) is 5.18. The van der Waals surface area contributed by atoms with Crippen LogP contribution in [-0.2, 0) is 10.0 Å². The van der Waals surface area contributed by atoms with Crippen LogP contribution in [-0.4, -0.2) is 39.2 Å². The Morgan fingerprint density at radius 1 is 1.31 bits per heavy atom. The van der Waals surface area contributed by atoms with Crippen molar-refractivity contribution in [2.75, 3.05) is 32.2 Å². The monoisotopic (exact) mass is 244 g/mol. The molecule has 0 atom stereocenters. The molecule has 0 unspecified atom stereocenters. The molecule has 1 aromatic carbocycles. The van der Waals surface area contributed by atoms with Crippen LogP contribution in [0.1, 0.15) is 0 Å². The van der Waals surface area contributed by atoms with Gasteiger partial charge < -0.3 is 10.5 Å². The van der Waals surface area contributed by atoms with Gasteiger partial charge in [0.05, 0.1) is 11.4 Å². The molecule has 16 heavy (non-hydrogen) atoms. The van der Waals surface area contributed by atoms with Crippen LogP contribution >= 0.6 is 0 Å². The summed E-state index contributed by atoms with van der Waals surface area (Å²) in [5.74, 6) is 0.449. The molecule has 1 rings (SSSR count). The lowest BCUT2D eigenvalue weighted by Crippen LogP contribution is -2.28. The summed E-state index contributed by atoms with van der Waals surface area (Å²) in [6.45, 7) is 0.0920. The first kappa shape index (κ1) is 12.8. The summed E-state index contributed by atoms with van der Waals surface area (Å²) in [6.07, 6.45) is 0. The molecule has 0 radical (unpaired) electrons. The van der Waals surface area contributed by atoms with Crippen molar-refractivity contribution < 1.29 is 13.2 Å². The van der Waals surface area contributed by atoms with Gasteiger partial charge in [-0.3, -0.25) is 0 Å². The minimum atomic E-state index is -3.21. The van der Waals surface area contributed by atoms with E-state index in [-0.39, 0.29) is 12.4 Å². The SMILES string of the molecule is CN(C)S(=O)(=O)CCOc1ccccc1N. The molecule has 0 heterocycles. The number of rotatable bonds is 5. The quantitative estimate of drug-likeness (QED) is 0.767. The fourth-order valence-electron chi connectivity index (χ4n) is 1.05. The number of nitrogens with two attached hydrogens (primary N) is 1. The summed E-state index contributed by atoms with van der Waals surface area (Å²) >= 11 is 0. The first-order valence-electron chi connectivity index (χ1n) is 4.81. The lowest BCUT2D eigenvalue weighted by Gasteiger charge is -2.12. The maximum absolute atomic E-state index is 11.4. The van der Waals surface area contributed by atoms with E-state index in [9.17, 15) is 8.42 Å². The Morgan fingerprint density at radius 2 is 1.94 bits per heavy atom. The molecule has 0 aliphatic carbocycles. The second-order valence-electron chi connectivity index (χ2n) is 3.48. The van der Waals surface area contributed by atoms with E-state index in [1.54, 1.807) is 24.3 Å². The highest BCUT2D eigenvalue weighted by atomic mass is 32.2. The van der Waals surface area contributed by atoms with Crippen molar-refractivity contribution in [2.45, 2.75) is 0 Å². The van der Waals surface area contributed by atoms with Crippen LogP contribution < -0.4 is 10.5 Å². The third kappa shape index (κ3) is 3.39. The van der Waals surface area contributed by atoms with Crippen LogP contribution in [0.2, 0.25) is 0 Å². The van der Waals surface area contributed by atoms with Gasteiger partial charge >= 0.3 is 0 Å². The molecule has 6 heteroatoms. The molecular formula is C10H16N2O3S. The Bertz CT molecular complexity index is 443. The van der Waals surface area contributed by atoms with E-state index in [0.29, 0.717) is 11.4 Å². The van der Waals surface area contributed by atoms with Crippen molar-refractivity contribution in [3.05, 3.63) is 24.3 Å². The van der Waals surface area contributed by atoms with Gasteiger partial charge in [0.15, 0.2) is 0 Å². The highest BCUT2D eigenvalue weighted by Gasteiger charge is 2.13. The molecule has 1 aromatic rings. The molecule has 0 aliphatic heterocycles. The topological polar surface area (TPSA) is 72.6 Å². The van der Waals surface area contributed by atoms with E-state index >= 15 is 0 Å². The van der Waals surface area contributed by atoms with Crippen LogP contribution in [0.5, 0.6) is 5.75 Å².